The van der Waals surface area contributed by atoms with Gasteiger partial charge in [0.1, 0.15) is 11.5 Å². The van der Waals surface area contributed by atoms with Crippen molar-refractivity contribution in [2.45, 2.75) is 39.3 Å². The van der Waals surface area contributed by atoms with Gasteiger partial charge in [0.25, 0.3) is 5.91 Å². The van der Waals surface area contributed by atoms with Crippen LogP contribution in [-0.2, 0) is 22.6 Å². The van der Waals surface area contributed by atoms with Crippen LogP contribution in [0.2, 0.25) is 0 Å². The van der Waals surface area contributed by atoms with Gasteiger partial charge in [-0.05, 0) is 49.2 Å². The maximum Gasteiger partial charge on any atom is 0.261 e. The zero-order valence-corrected chi connectivity index (χ0v) is 16.5. The molecule has 0 saturated heterocycles. The molecule has 1 aliphatic rings. The van der Waals surface area contributed by atoms with E-state index >= 15 is 0 Å². The van der Waals surface area contributed by atoms with Gasteiger partial charge in [-0.25, -0.2) is 0 Å². The summed E-state index contributed by atoms with van der Waals surface area (Å²) in [6.07, 6.45) is 1.13. The molecule has 1 heterocycles. The van der Waals surface area contributed by atoms with E-state index in [4.69, 9.17) is 9.47 Å². The van der Waals surface area contributed by atoms with Gasteiger partial charge in [-0.1, -0.05) is 19.1 Å². The van der Waals surface area contributed by atoms with Crippen LogP contribution in [0, 0.1) is 0 Å². The Morgan fingerprint density at radius 3 is 2.86 bits per heavy atom. The molecule has 2 aromatic carbocycles. The van der Waals surface area contributed by atoms with Gasteiger partial charge in [-0.15, -0.1) is 0 Å². The van der Waals surface area contributed by atoms with Gasteiger partial charge in [-0.3, -0.25) is 9.59 Å². The minimum atomic E-state index is -0.113. The number of benzene rings is 2. The summed E-state index contributed by atoms with van der Waals surface area (Å²) in [6, 6.07) is 13.1. The van der Waals surface area contributed by atoms with E-state index in [1.165, 1.54) is 0 Å². The van der Waals surface area contributed by atoms with Gasteiger partial charge in [-0.2, -0.15) is 0 Å². The van der Waals surface area contributed by atoms with Gasteiger partial charge in [0, 0.05) is 23.8 Å². The first kappa shape index (κ1) is 19.7. The van der Waals surface area contributed by atoms with E-state index in [9.17, 15) is 9.59 Å². The fraction of sp³-hybridized carbons (Fsp3) is 0.364. The Hall–Kier alpha value is -3.02. The van der Waals surface area contributed by atoms with E-state index in [2.05, 4.69) is 12.2 Å². The van der Waals surface area contributed by atoms with Crippen LogP contribution < -0.4 is 14.8 Å². The quantitative estimate of drug-likeness (QED) is 0.832. The zero-order valence-electron chi connectivity index (χ0n) is 16.5. The predicted molar refractivity (Wildman–Crippen MR) is 108 cm³/mol. The zero-order chi connectivity index (χ0) is 20.1. The monoisotopic (exact) mass is 382 g/mol. The molecule has 3 rings (SSSR count). The van der Waals surface area contributed by atoms with Crippen molar-refractivity contribution in [2.24, 2.45) is 0 Å². The van der Waals surface area contributed by atoms with E-state index in [0.717, 1.165) is 23.3 Å². The second-order valence-electron chi connectivity index (χ2n) is 6.97. The number of methoxy groups -OCH3 is 1. The highest BCUT2D eigenvalue weighted by atomic mass is 16.5. The summed E-state index contributed by atoms with van der Waals surface area (Å²) >= 11 is 0. The third-order valence-electron chi connectivity index (χ3n) is 4.98. The number of hydrogen-bond donors (Lipinski definition) is 1. The first-order chi connectivity index (χ1) is 13.5. The number of ether oxygens (including phenoxy) is 2. The number of rotatable bonds is 6. The van der Waals surface area contributed by atoms with Crippen LogP contribution in [-0.4, -0.2) is 36.5 Å². The van der Waals surface area contributed by atoms with Crippen molar-refractivity contribution >= 4 is 17.5 Å². The van der Waals surface area contributed by atoms with E-state index in [-0.39, 0.29) is 30.9 Å². The summed E-state index contributed by atoms with van der Waals surface area (Å²) < 4.78 is 10.8. The lowest BCUT2D eigenvalue weighted by Crippen LogP contribution is -2.39. The summed E-state index contributed by atoms with van der Waals surface area (Å²) in [5.74, 6) is 1.28. The molecule has 0 saturated carbocycles. The molecule has 1 atom stereocenters. The molecule has 2 aromatic rings. The number of amides is 2. The summed E-state index contributed by atoms with van der Waals surface area (Å²) in [7, 11) is 1.60. The molecule has 0 unspecified atom stereocenters. The highest BCUT2D eigenvalue weighted by Crippen LogP contribution is 2.28. The Labute approximate surface area is 165 Å². The number of carbonyl (C=O) groups excluding carboxylic acids is 2. The van der Waals surface area contributed by atoms with Crippen LogP contribution >= 0.6 is 0 Å². The smallest absolute Gasteiger partial charge is 0.261 e. The van der Waals surface area contributed by atoms with E-state index in [1.807, 2.05) is 48.2 Å². The Morgan fingerprint density at radius 1 is 1.29 bits per heavy atom. The first-order valence-corrected chi connectivity index (χ1v) is 9.48. The average Bonchev–Trinajstić information content (AvgIpc) is 2.86. The lowest BCUT2D eigenvalue weighted by atomic mass is 10.1. The van der Waals surface area contributed by atoms with Crippen molar-refractivity contribution < 1.29 is 19.1 Å². The van der Waals surface area contributed by atoms with Gasteiger partial charge in [0.15, 0.2) is 6.61 Å². The molecule has 0 aliphatic carbocycles. The van der Waals surface area contributed by atoms with Crippen LogP contribution in [0.4, 0.5) is 5.69 Å². The highest BCUT2D eigenvalue weighted by Gasteiger charge is 2.25. The normalized spacial score (nSPS) is 14.5. The average molecular weight is 382 g/mol. The standard InChI is InChI=1S/C22H26N2O4/c1-4-15(2)24-13-17-12-18(8-9-20(17)28-14-22(24)26)23-21(25)11-16-6-5-7-19(10-16)27-3/h5-10,12,15H,4,11,13-14H2,1-3H3,(H,23,25)/t15-/m0/s1. The number of nitrogens with one attached hydrogen (secondary N) is 1. The Balaban J connectivity index is 1.72. The molecule has 6 nitrogen and oxygen atoms in total. The maximum atomic E-state index is 12.4. The second-order valence-corrected chi connectivity index (χ2v) is 6.97. The molecular formula is C22H26N2O4. The first-order valence-electron chi connectivity index (χ1n) is 9.48. The van der Waals surface area contributed by atoms with Crippen molar-refractivity contribution in [3.8, 4) is 11.5 Å². The molecular weight excluding hydrogens is 356 g/mol. The molecule has 0 spiro atoms. The molecule has 1 N–H and O–H groups in total. The minimum Gasteiger partial charge on any atom is -0.497 e. The lowest BCUT2D eigenvalue weighted by Gasteiger charge is -2.26. The van der Waals surface area contributed by atoms with Gasteiger partial charge in [0.05, 0.1) is 13.5 Å². The number of fused-ring (bicyclic) bond motifs is 1. The van der Waals surface area contributed by atoms with Crippen LogP contribution in [0.3, 0.4) is 0 Å². The van der Waals surface area contributed by atoms with Gasteiger partial charge >= 0.3 is 0 Å². The molecule has 2 amide bonds. The van der Waals surface area contributed by atoms with Crippen molar-refractivity contribution in [1.29, 1.82) is 0 Å². The third-order valence-corrected chi connectivity index (χ3v) is 4.98. The summed E-state index contributed by atoms with van der Waals surface area (Å²) in [6.45, 7) is 4.60. The van der Waals surface area contributed by atoms with Crippen molar-refractivity contribution in [1.82, 2.24) is 4.90 Å². The molecule has 0 radical (unpaired) electrons. The van der Waals surface area contributed by atoms with Crippen molar-refractivity contribution in [3.05, 3.63) is 53.6 Å². The van der Waals surface area contributed by atoms with Crippen LogP contribution in [0.15, 0.2) is 42.5 Å². The van der Waals surface area contributed by atoms with E-state index in [0.29, 0.717) is 18.0 Å². The summed E-state index contributed by atoms with van der Waals surface area (Å²) in [5.41, 5.74) is 2.46. The minimum absolute atomic E-state index is 0.0193. The third kappa shape index (κ3) is 4.63. The molecule has 6 heteroatoms. The van der Waals surface area contributed by atoms with Crippen LogP contribution in [0.1, 0.15) is 31.4 Å². The fourth-order valence-corrected chi connectivity index (χ4v) is 3.21. The molecule has 148 valence electrons. The van der Waals surface area contributed by atoms with Crippen LogP contribution in [0.5, 0.6) is 11.5 Å². The summed E-state index contributed by atoms with van der Waals surface area (Å²) in [5, 5.41) is 2.93. The molecule has 1 aliphatic heterocycles. The van der Waals surface area contributed by atoms with Crippen molar-refractivity contribution in [2.75, 3.05) is 19.0 Å². The Bertz CT molecular complexity index is 865. The predicted octanol–water partition coefficient (Wildman–Crippen LogP) is 3.40. The van der Waals surface area contributed by atoms with E-state index < -0.39 is 0 Å². The fourth-order valence-electron chi connectivity index (χ4n) is 3.21. The van der Waals surface area contributed by atoms with Crippen LogP contribution in [0.25, 0.3) is 0 Å². The highest BCUT2D eigenvalue weighted by molar-refractivity contribution is 5.92. The van der Waals surface area contributed by atoms with E-state index in [1.54, 1.807) is 13.2 Å². The number of carbonyl (C=O) groups is 2. The Morgan fingerprint density at radius 2 is 2.11 bits per heavy atom. The van der Waals surface area contributed by atoms with Gasteiger partial charge < -0.3 is 19.7 Å². The topological polar surface area (TPSA) is 67.9 Å². The molecule has 28 heavy (non-hydrogen) atoms. The molecule has 0 bridgehead atoms. The molecule has 0 aromatic heterocycles. The molecule has 0 fully saturated rings. The second kappa shape index (κ2) is 8.78. The summed E-state index contributed by atoms with van der Waals surface area (Å²) in [4.78, 5) is 26.6. The SMILES string of the molecule is CC[C@H](C)N1Cc2cc(NC(=O)Cc3cccc(OC)c3)ccc2OCC1=O. The van der Waals surface area contributed by atoms with Gasteiger partial charge in [0.2, 0.25) is 5.91 Å². The Kier molecular flexibility index (Phi) is 6.19. The number of anilines is 1. The number of nitrogens with zero attached hydrogens (tertiary/aromatic N) is 1. The number of hydrogen-bond acceptors (Lipinski definition) is 4. The largest absolute Gasteiger partial charge is 0.497 e. The van der Waals surface area contributed by atoms with Crippen molar-refractivity contribution in [3.63, 3.8) is 0 Å². The maximum absolute atomic E-state index is 12.4. The lowest BCUT2D eigenvalue weighted by molar-refractivity contribution is -0.135.